The van der Waals surface area contributed by atoms with Gasteiger partial charge < -0.3 is 14.2 Å². The zero-order valence-electron chi connectivity index (χ0n) is 15.1. The van der Waals surface area contributed by atoms with Crippen molar-refractivity contribution in [3.8, 4) is 11.1 Å². The molecule has 0 unspecified atom stereocenters. The number of carbonyl (C=O) groups excluding carboxylic acids is 1. The van der Waals surface area contributed by atoms with Crippen molar-refractivity contribution in [2.45, 2.75) is 13.1 Å². The average Bonchev–Trinajstić information content (AvgIpc) is 3.07. The maximum absolute atomic E-state index is 12.6. The summed E-state index contributed by atoms with van der Waals surface area (Å²) in [6, 6.07) is 18.4. The number of hydrogen-bond acceptors (Lipinski definition) is 3. The average molecular weight is 349 g/mol. The molecule has 0 atom stereocenters. The lowest BCUT2D eigenvalue weighted by atomic mass is 9.99. The molecule has 134 valence electrons. The van der Waals surface area contributed by atoms with Gasteiger partial charge in [0.25, 0.3) is 0 Å². The van der Waals surface area contributed by atoms with Gasteiger partial charge in [-0.2, -0.15) is 0 Å². The van der Waals surface area contributed by atoms with Crippen LogP contribution in [0.25, 0.3) is 11.1 Å². The van der Waals surface area contributed by atoms with E-state index >= 15 is 0 Å². The number of amides is 1. The lowest BCUT2D eigenvalue weighted by Crippen LogP contribution is -2.34. The molecular weight excluding hydrogens is 326 g/mol. The molecule has 1 aromatic heterocycles. The molecule has 5 nitrogen and oxygen atoms in total. The number of methoxy groups -OCH3 is 1. The van der Waals surface area contributed by atoms with Gasteiger partial charge in [-0.1, -0.05) is 54.6 Å². The molecule has 0 spiro atoms. The van der Waals surface area contributed by atoms with Crippen molar-refractivity contribution < 1.29 is 9.53 Å². The summed E-state index contributed by atoms with van der Waals surface area (Å²) >= 11 is 0. The van der Waals surface area contributed by atoms with Crippen molar-refractivity contribution in [3.05, 3.63) is 78.4 Å². The third kappa shape index (κ3) is 4.18. The molecule has 0 bridgehead atoms. The normalized spacial score (nSPS) is 10.7. The third-order valence-electron chi connectivity index (χ3n) is 4.34. The Bertz CT molecular complexity index is 858. The summed E-state index contributed by atoms with van der Waals surface area (Å²) in [6.07, 6.45) is 3.62. The number of rotatable bonds is 7. The van der Waals surface area contributed by atoms with Crippen molar-refractivity contribution in [2.24, 2.45) is 7.05 Å². The van der Waals surface area contributed by atoms with Crippen LogP contribution < -0.4 is 0 Å². The Hall–Kier alpha value is -2.92. The number of imidazole rings is 1. The molecule has 5 heteroatoms. The predicted octanol–water partition coefficient (Wildman–Crippen LogP) is 3.26. The zero-order chi connectivity index (χ0) is 18.4. The van der Waals surface area contributed by atoms with Gasteiger partial charge in [-0.15, -0.1) is 0 Å². The van der Waals surface area contributed by atoms with Crippen LogP contribution in [0.5, 0.6) is 0 Å². The number of benzene rings is 2. The number of hydrogen-bond donors (Lipinski definition) is 0. The Morgan fingerprint density at radius 3 is 2.50 bits per heavy atom. The molecular formula is C21H23N3O2. The number of nitrogens with zero attached hydrogens (tertiary/aromatic N) is 3. The Kier molecular flexibility index (Phi) is 5.81. The SMILES string of the molecule is COCC(=O)N(Cc1ccccc1-c1ccccc1)Cc1nccn1C. The van der Waals surface area contributed by atoms with Gasteiger partial charge >= 0.3 is 0 Å². The van der Waals surface area contributed by atoms with Crippen LogP contribution in [0, 0.1) is 0 Å². The van der Waals surface area contributed by atoms with Crippen LogP contribution in [0.4, 0.5) is 0 Å². The first kappa shape index (κ1) is 17.9. The van der Waals surface area contributed by atoms with E-state index in [9.17, 15) is 4.79 Å². The summed E-state index contributed by atoms with van der Waals surface area (Å²) in [7, 11) is 3.47. The van der Waals surface area contributed by atoms with E-state index in [4.69, 9.17) is 4.74 Å². The molecule has 3 rings (SSSR count). The van der Waals surface area contributed by atoms with Crippen molar-refractivity contribution in [1.82, 2.24) is 14.5 Å². The second-order valence-corrected chi connectivity index (χ2v) is 6.16. The van der Waals surface area contributed by atoms with E-state index in [-0.39, 0.29) is 12.5 Å². The lowest BCUT2D eigenvalue weighted by molar-refractivity contribution is -0.136. The van der Waals surface area contributed by atoms with E-state index in [1.807, 2.05) is 48.1 Å². The summed E-state index contributed by atoms with van der Waals surface area (Å²) in [5, 5.41) is 0. The minimum absolute atomic E-state index is 0.0535. The summed E-state index contributed by atoms with van der Waals surface area (Å²) in [5.41, 5.74) is 3.36. The van der Waals surface area contributed by atoms with E-state index in [2.05, 4.69) is 29.2 Å². The number of carbonyl (C=O) groups is 1. The van der Waals surface area contributed by atoms with Crippen molar-refractivity contribution in [2.75, 3.05) is 13.7 Å². The maximum atomic E-state index is 12.6. The highest BCUT2D eigenvalue weighted by Crippen LogP contribution is 2.25. The van der Waals surface area contributed by atoms with Crippen molar-refractivity contribution in [1.29, 1.82) is 0 Å². The minimum atomic E-state index is -0.0571. The summed E-state index contributed by atoms with van der Waals surface area (Å²) < 4.78 is 6.99. The molecule has 0 N–H and O–H groups in total. The third-order valence-corrected chi connectivity index (χ3v) is 4.34. The highest BCUT2D eigenvalue weighted by atomic mass is 16.5. The Balaban J connectivity index is 1.90. The summed E-state index contributed by atoms with van der Waals surface area (Å²) in [4.78, 5) is 18.7. The fraction of sp³-hybridized carbons (Fsp3) is 0.238. The lowest BCUT2D eigenvalue weighted by Gasteiger charge is -2.24. The van der Waals surface area contributed by atoms with Crippen LogP contribution in [-0.4, -0.2) is 34.1 Å². The molecule has 1 amide bonds. The Morgan fingerprint density at radius 1 is 1.08 bits per heavy atom. The Morgan fingerprint density at radius 2 is 1.81 bits per heavy atom. The van der Waals surface area contributed by atoms with Gasteiger partial charge in [0, 0.05) is 33.1 Å². The fourth-order valence-corrected chi connectivity index (χ4v) is 2.93. The highest BCUT2D eigenvalue weighted by molar-refractivity contribution is 5.78. The molecule has 0 radical (unpaired) electrons. The first-order valence-corrected chi connectivity index (χ1v) is 8.55. The van der Waals surface area contributed by atoms with Gasteiger partial charge in [0.05, 0.1) is 6.54 Å². The van der Waals surface area contributed by atoms with E-state index in [0.717, 1.165) is 22.5 Å². The smallest absolute Gasteiger partial charge is 0.249 e. The van der Waals surface area contributed by atoms with Crippen LogP contribution >= 0.6 is 0 Å². The van der Waals surface area contributed by atoms with Gasteiger partial charge in [-0.05, 0) is 16.7 Å². The summed E-state index contributed by atoms with van der Waals surface area (Å²) in [6.45, 7) is 0.993. The summed E-state index contributed by atoms with van der Waals surface area (Å²) in [5.74, 6) is 0.782. The molecule has 1 heterocycles. The van der Waals surface area contributed by atoms with E-state index in [0.29, 0.717) is 13.1 Å². The molecule has 2 aromatic carbocycles. The van der Waals surface area contributed by atoms with E-state index < -0.39 is 0 Å². The fourth-order valence-electron chi connectivity index (χ4n) is 2.93. The molecule has 0 aliphatic carbocycles. The largest absolute Gasteiger partial charge is 0.375 e. The predicted molar refractivity (Wildman–Crippen MR) is 101 cm³/mol. The first-order valence-electron chi connectivity index (χ1n) is 8.55. The zero-order valence-corrected chi connectivity index (χ0v) is 15.1. The topological polar surface area (TPSA) is 47.4 Å². The van der Waals surface area contributed by atoms with Crippen LogP contribution in [0.15, 0.2) is 67.0 Å². The second kappa shape index (κ2) is 8.45. The number of aryl methyl sites for hydroxylation is 1. The van der Waals surface area contributed by atoms with Crippen LogP contribution in [-0.2, 0) is 29.7 Å². The monoisotopic (exact) mass is 349 g/mol. The van der Waals surface area contributed by atoms with Gasteiger partial charge in [0.2, 0.25) is 5.91 Å². The standard InChI is InChI=1S/C21H23N3O2/c1-23-13-12-22-20(23)15-24(21(25)16-26-2)14-18-10-6-7-11-19(18)17-8-4-3-5-9-17/h3-13H,14-16H2,1-2H3. The quantitative estimate of drug-likeness (QED) is 0.658. The molecule has 0 aliphatic heterocycles. The molecule has 0 fully saturated rings. The van der Waals surface area contributed by atoms with E-state index in [1.165, 1.54) is 7.11 Å². The highest BCUT2D eigenvalue weighted by Gasteiger charge is 2.18. The molecule has 0 saturated heterocycles. The van der Waals surface area contributed by atoms with Crippen molar-refractivity contribution >= 4 is 5.91 Å². The Labute approximate surface area is 153 Å². The molecule has 26 heavy (non-hydrogen) atoms. The van der Waals surface area contributed by atoms with Crippen LogP contribution in [0.2, 0.25) is 0 Å². The van der Waals surface area contributed by atoms with Gasteiger partial charge in [0.1, 0.15) is 12.4 Å². The number of aromatic nitrogens is 2. The maximum Gasteiger partial charge on any atom is 0.249 e. The number of ether oxygens (including phenoxy) is 1. The molecule has 0 saturated carbocycles. The van der Waals surface area contributed by atoms with Gasteiger partial charge in [0.15, 0.2) is 0 Å². The van der Waals surface area contributed by atoms with Crippen LogP contribution in [0.3, 0.4) is 0 Å². The van der Waals surface area contributed by atoms with Crippen LogP contribution in [0.1, 0.15) is 11.4 Å². The minimum Gasteiger partial charge on any atom is -0.375 e. The molecule has 3 aromatic rings. The van der Waals surface area contributed by atoms with E-state index in [1.54, 1.807) is 11.1 Å². The van der Waals surface area contributed by atoms with Gasteiger partial charge in [-0.3, -0.25) is 4.79 Å². The van der Waals surface area contributed by atoms with Crippen molar-refractivity contribution in [3.63, 3.8) is 0 Å². The van der Waals surface area contributed by atoms with Gasteiger partial charge in [-0.25, -0.2) is 4.98 Å². The molecule has 0 aliphatic rings. The second-order valence-electron chi connectivity index (χ2n) is 6.16. The first-order chi connectivity index (χ1) is 12.7.